The maximum Gasteiger partial charge on any atom is 0.387 e. The van der Waals surface area contributed by atoms with Crippen LogP contribution in [0.15, 0.2) is 48.5 Å². The molecule has 0 saturated heterocycles. The molecule has 1 amide bonds. The van der Waals surface area contributed by atoms with Crippen LogP contribution in [0.2, 0.25) is 0 Å². The molecule has 0 aliphatic rings. The van der Waals surface area contributed by atoms with Gasteiger partial charge in [-0.3, -0.25) is 14.9 Å². The number of carbonyl (C=O) groups excluding carboxylic acids is 2. The number of amides is 1. The number of nitro benzene ring substituents is 1. The number of ether oxygens (including phenoxy) is 2. The van der Waals surface area contributed by atoms with Crippen molar-refractivity contribution in [2.45, 2.75) is 13.5 Å². The summed E-state index contributed by atoms with van der Waals surface area (Å²) in [7, 11) is 0. The zero-order chi connectivity index (χ0) is 21.4. The molecule has 2 aromatic carbocycles. The van der Waals surface area contributed by atoms with E-state index in [1.54, 1.807) is 13.0 Å². The second-order valence-corrected chi connectivity index (χ2v) is 5.71. The van der Waals surface area contributed by atoms with Gasteiger partial charge in [-0.05, 0) is 42.3 Å². The highest BCUT2D eigenvalue weighted by Gasteiger charge is 2.16. The summed E-state index contributed by atoms with van der Waals surface area (Å²) in [5.74, 6) is -1.60. The van der Waals surface area contributed by atoms with E-state index in [1.165, 1.54) is 42.5 Å². The molecule has 0 aromatic heterocycles. The monoisotopic (exact) mass is 406 g/mol. The first-order chi connectivity index (χ1) is 13.7. The van der Waals surface area contributed by atoms with Gasteiger partial charge in [0.25, 0.3) is 11.6 Å². The van der Waals surface area contributed by atoms with Crippen LogP contribution in [0.25, 0.3) is 6.08 Å². The smallest absolute Gasteiger partial charge is 0.387 e. The second kappa shape index (κ2) is 9.93. The van der Waals surface area contributed by atoms with Crippen molar-refractivity contribution < 1.29 is 32.8 Å². The van der Waals surface area contributed by atoms with Crippen LogP contribution in [0.1, 0.15) is 11.1 Å². The molecule has 2 aromatic rings. The highest BCUT2D eigenvalue weighted by atomic mass is 19.3. The third kappa shape index (κ3) is 7.01. The average molecular weight is 406 g/mol. The lowest BCUT2D eigenvalue weighted by atomic mass is 10.2. The summed E-state index contributed by atoms with van der Waals surface area (Å²) < 4.78 is 33.1. The number of hydrogen-bond donors (Lipinski definition) is 1. The number of nitrogens with one attached hydrogen (secondary N) is 1. The number of aryl methyl sites for hydroxylation is 1. The molecule has 0 atom stereocenters. The van der Waals surface area contributed by atoms with Crippen LogP contribution in [-0.2, 0) is 14.3 Å². The van der Waals surface area contributed by atoms with E-state index < -0.39 is 30.0 Å². The first-order valence-corrected chi connectivity index (χ1v) is 8.19. The Bertz CT molecular complexity index is 929. The minimum atomic E-state index is -2.93. The topological polar surface area (TPSA) is 108 Å². The zero-order valence-corrected chi connectivity index (χ0v) is 15.1. The SMILES string of the molecule is Cc1ccc(NC(=O)COC(=O)C=Cc2ccc(OC(F)F)cc2)c([N+](=O)[O-])c1. The lowest BCUT2D eigenvalue weighted by molar-refractivity contribution is -0.384. The van der Waals surface area contributed by atoms with Crippen LogP contribution in [0.5, 0.6) is 5.75 Å². The lowest BCUT2D eigenvalue weighted by Gasteiger charge is -2.07. The number of nitrogens with zero attached hydrogens (tertiary/aromatic N) is 1. The van der Waals surface area contributed by atoms with Gasteiger partial charge in [-0.15, -0.1) is 0 Å². The summed E-state index contributed by atoms with van der Waals surface area (Å²) in [6.07, 6.45) is 2.40. The van der Waals surface area contributed by atoms with Crippen molar-refractivity contribution in [3.05, 3.63) is 69.8 Å². The molecule has 152 valence electrons. The van der Waals surface area contributed by atoms with Gasteiger partial charge < -0.3 is 14.8 Å². The van der Waals surface area contributed by atoms with E-state index in [2.05, 4.69) is 10.1 Å². The van der Waals surface area contributed by atoms with Crippen molar-refractivity contribution in [2.24, 2.45) is 0 Å². The molecular weight excluding hydrogens is 390 g/mol. The van der Waals surface area contributed by atoms with Crippen molar-refractivity contribution in [1.82, 2.24) is 0 Å². The first-order valence-electron chi connectivity index (χ1n) is 8.19. The molecule has 0 unspecified atom stereocenters. The lowest BCUT2D eigenvalue weighted by Crippen LogP contribution is -2.20. The average Bonchev–Trinajstić information content (AvgIpc) is 2.66. The fraction of sp³-hybridized carbons (Fsp3) is 0.158. The highest BCUT2D eigenvalue weighted by Crippen LogP contribution is 2.25. The number of hydrogen-bond acceptors (Lipinski definition) is 6. The maximum atomic E-state index is 12.1. The van der Waals surface area contributed by atoms with Crippen LogP contribution < -0.4 is 10.1 Å². The quantitative estimate of drug-likeness (QED) is 0.310. The predicted molar refractivity (Wildman–Crippen MR) is 99.5 cm³/mol. The number of carbonyl (C=O) groups is 2. The Balaban J connectivity index is 1.86. The maximum absolute atomic E-state index is 12.1. The van der Waals surface area contributed by atoms with Gasteiger partial charge in [-0.25, -0.2) is 4.79 Å². The second-order valence-electron chi connectivity index (χ2n) is 5.71. The van der Waals surface area contributed by atoms with Crippen LogP contribution >= 0.6 is 0 Å². The number of esters is 1. The molecule has 0 saturated carbocycles. The summed E-state index contributed by atoms with van der Waals surface area (Å²) in [6.45, 7) is -1.90. The molecule has 1 N–H and O–H groups in total. The normalized spacial score (nSPS) is 10.8. The summed E-state index contributed by atoms with van der Waals surface area (Å²) in [5.41, 5.74) is 0.885. The van der Waals surface area contributed by atoms with Gasteiger partial charge in [0.1, 0.15) is 11.4 Å². The summed E-state index contributed by atoms with van der Waals surface area (Å²) in [6, 6.07) is 9.79. The van der Waals surface area contributed by atoms with Crippen molar-refractivity contribution >= 4 is 29.3 Å². The Hall–Kier alpha value is -3.82. The van der Waals surface area contributed by atoms with E-state index in [0.29, 0.717) is 11.1 Å². The molecular formula is C19H16F2N2O6. The Labute approximate surface area is 163 Å². The van der Waals surface area contributed by atoms with Crippen LogP contribution in [0.3, 0.4) is 0 Å². The molecule has 0 heterocycles. The van der Waals surface area contributed by atoms with Gasteiger partial charge >= 0.3 is 12.6 Å². The molecule has 0 aliphatic heterocycles. The highest BCUT2D eigenvalue weighted by molar-refractivity contribution is 5.96. The number of anilines is 1. The molecule has 0 fully saturated rings. The molecule has 29 heavy (non-hydrogen) atoms. The van der Waals surface area contributed by atoms with E-state index in [1.807, 2.05) is 0 Å². The van der Waals surface area contributed by atoms with E-state index in [4.69, 9.17) is 4.74 Å². The number of rotatable bonds is 8. The summed E-state index contributed by atoms with van der Waals surface area (Å²) >= 11 is 0. The summed E-state index contributed by atoms with van der Waals surface area (Å²) in [4.78, 5) is 34.0. The van der Waals surface area contributed by atoms with Crippen molar-refractivity contribution in [2.75, 3.05) is 11.9 Å². The van der Waals surface area contributed by atoms with E-state index in [0.717, 1.165) is 6.08 Å². The number of nitro groups is 1. The Morgan fingerprint density at radius 1 is 1.21 bits per heavy atom. The Kier molecular flexibility index (Phi) is 7.35. The molecule has 8 nitrogen and oxygen atoms in total. The van der Waals surface area contributed by atoms with E-state index >= 15 is 0 Å². The van der Waals surface area contributed by atoms with E-state index in [9.17, 15) is 28.5 Å². The number of alkyl halides is 2. The minimum Gasteiger partial charge on any atom is -0.452 e. The van der Waals surface area contributed by atoms with Crippen LogP contribution in [-0.4, -0.2) is 30.0 Å². The standard InChI is InChI=1S/C19H16F2N2O6/c1-12-2-8-15(16(10-12)23(26)27)22-17(24)11-28-18(25)9-5-13-3-6-14(7-4-13)29-19(20)21/h2-10,19H,11H2,1H3,(H,22,24). The van der Waals surface area contributed by atoms with E-state index in [-0.39, 0.29) is 17.1 Å². The molecule has 0 bridgehead atoms. The van der Waals surface area contributed by atoms with Gasteiger partial charge in [-0.1, -0.05) is 18.2 Å². The Morgan fingerprint density at radius 2 is 1.90 bits per heavy atom. The van der Waals surface area contributed by atoms with Crippen LogP contribution in [0.4, 0.5) is 20.2 Å². The molecule has 10 heteroatoms. The summed E-state index contributed by atoms with van der Waals surface area (Å²) in [5, 5.41) is 13.3. The van der Waals surface area contributed by atoms with Gasteiger partial charge in [0.05, 0.1) is 4.92 Å². The molecule has 2 rings (SSSR count). The third-order valence-electron chi connectivity index (χ3n) is 3.49. The minimum absolute atomic E-state index is 0.0108. The Morgan fingerprint density at radius 3 is 2.52 bits per heavy atom. The van der Waals surface area contributed by atoms with Crippen molar-refractivity contribution in [1.29, 1.82) is 0 Å². The van der Waals surface area contributed by atoms with Gasteiger partial charge in [0.15, 0.2) is 6.61 Å². The van der Waals surface area contributed by atoms with Crippen LogP contribution in [0, 0.1) is 17.0 Å². The van der Waals surface area contributed by atoms with Gasteiger partial charge in [0.2, 0.25) is 0 Å². The fourth-order valence-electron chi connectivity index (χ4n) is 2.19. The van der Waals surface area contributed by atoms with Crippen molar-refractivity contribution in [3.63, 3.8) is 0 Å². The third-order valence-corrected chi connectivity index (χ3v) is 3.49. The largest absolute Gasteiger partial charge is 0.452 e. The van der Waals surface area contributed by atoms with Crippen molar-refractivity contribution in [3.8, 4) is 5.75 Å². The van der Waals surface area contributed by atoms with Gasteiger partial charge in [0, 0.05) is 12.1 Å². The number of halogens is 2. The molecule has 0 aliphatic carbocycles. The molecule has 0 radical (unpaired) electrons. The van der Waals surface area contributed by atoms with Gasteiger partial charge in [-0.2, -0.15) is 8.78 Å². The number of benzene rings is 2. The first kappa shape index (κ1) is 21.5. The molecule has 0 spiro atoms. The fourth-order valence-corrected chi connectivity index (χ4v) is 2.19. The zero-order valence-electron chi connectivity index (χ0n) is 15.1. The predicted octanol–water partition coefficient (Wildman–Crippen LogP) is 3.70.